The van der Waals surface area contributed by atoms with Crippen LogP contribution in [0.3, 0.4) is 0 Å². The van der Waals surface area contributed by atoms with E-state index in [-0.39, 0.29) is 0 Å². The highest BCUT2D eigenvalue weighted by Crippen LogP contribution is 2.39. The Morgan fingerprint density at radius 1 is 1.44 bits per heavy atom. The maximum Gasteiger partial charge on any atom is 0.417 e. The minimum atomic E-state index is -5.08. The summed E-state index contributed by atoms with van der Waals surface area (Å²) in [4.78, 5) is 14.0. The lowest BCUT2D eigenvalue weighted by Crippen LogP contribution is -2.19. The van der Waals surface area contributed by atoms with Gasteiger partial charge in [0.05, 0.1) is 11.1 Å². The van der Waals surface area contributed by atoms with Gasteiger partial charge in [-0.2, -0.15) is 13.2 Å². The fraction of sp³-hybridized carbons (Fsp3) is 0.333. The highest BCUT2D eigenvalue weighted by atomic mass is 35.5. The smallest absolute Gasteiger partial charge is 0.326 e. The number of rotatable bonds is 3. The molecule has 0 radical (unpaired) electrons. The van der Waals surface area contributed by atoms with Crippen molar-refractivity contribution in [2.24, 2.45) is 5.73 Å². The van der Waals surface area contributed by atoms with Gasteiger partial charge in [0.2, 0.25) is 0 Å². The average Bonchev–Trinajstić information content (AvgIpc) is 2.25. The number of aromatic nitrogens is 1. The van der Waals surface area contributed by atoms with Crippen LogP contribution in [0.15, 0.2) is 6.20 Å². The number of nitrogens with two attached hydrogens (primary N) is 1. The summed E-state index contributed by atoms with van der Waals surface area (Å²) in [6.45, 7) is -0.641. The molecule has 1 aromatic heterocycles. The van der Waals surface area contributed by atoms with Gasteiger partial charge in [0.1, 0.15) is 5.69 Å². The van der Waals surface area contributed by atoms with Crippen molar-refractivity contribution < 1.29 is 26.7 Å². The minimum absolute atomic E-state index is 0.615. The predicted molar refractivity (Wildman–Crippen MR) is 52.3 cm³/mol. The molecule has 0 saturated carbocycles. The number of hydrogen-bond donors (Lipinski definition) is 1. The highest BCUT2D eigenvalue weighted by Gasteiger charge is 2.40. The van der Waals surface area contributed by atoms with Crippen LogP contribution in [0, 0.1) is 0 Å². The number of alkyl halides is 5. The van der Waals surface area contributed by atoms with Gasteiger partial charge in [0.15, 0.2) is 0 Å². The summed E-state index contributed by atoms with van der Waals surface area (Å²) in [7, 11) is 0. The van der Waals surface area contributed by atoms with E-state index in [0.29, 0.717) is 6.20 Å². The van der Waals surface area contributed by atoms with Crippen LogP contribution in [0.4, 0.5) is 22.0 Å². The molecule has 0 spiro atoms. The molecule has 0 bridgehead atoms. The van der Waals surface area contributed by atoms with Crippen molar-refractivity contribution in [1.29, 1.82) is 0 Å². The summed E-state index contributed by atoms with van der Waals surface area (Å²) in [5, 5.41) is -1.49. The molecule has 0 fully saturated rings. The second-order valence-electron chi connectivity index (χ2n) is 3.20. The molecular weight excluding hydrogens is 283 g/mol. The Hall–Kier alpha value is -1.28. The van der Waals surface area contributed by atoms with E-state index >= 15 is 0 Å². The Bertz CT molecular complexity index is 475. The lowest BCUT2D eigenvalue weighted by Gasteiger charge is -2.17. The first kappa shape index (κ1) is 14.8. The SMILES string of the molecule is NCc1cnc(C(=O)Cl)c(C(F)F)c1C(F)(F)F. The summed E-state index contributed by atoms with van der Waals surface area (Å²) in [6, 6.07) is 0. The summed E-state index contributed by atoms with van der Waals surface area (Å²) >= 11 is 4.94. The number of halogens is 6. The van der Waals surface area contributed by atoms with Crippen molar-refractivity contribution in [1.82, 2.24) is 4.98 Å². The molecule has 18 heavy (non-hydrogen) atoms. The van der Waals surface area contributed by atoms with E-state index in [9.17, 15) is 26.7 Å². The Morgan fingerprint density at radius 2 is 2.00 bits per heavy atom. The third-order valence-electron chi connectivity index (χ3n) is 2.10. The van der Waals surface area contributed by atoms with Crippen LogP contribution in [-0.4, -0.2) is 10.2 Å². The Kier molecular flexibility index (Phi) is 4.23. The molecule has 0 unspecified atom stereocenters. The van der Waals surface area contributed by atoms with E-state index < -0.39 is 46.8 Å². The molecule has 0 aliphatic heterocycles. The van der Waals surface area contributed by atoms with Gasteiger partial charge in [0.25, 0.3) is 11.7 Å². The molecule has 9 heteroatoms. The monoisotopic (exact) mass is 288 g/mol. The highest BCUT2D eigenvalue weighted by molar-refractivity contribution is 6.67. The summed E-state index contributed by atoms with van der Waals surface area (Å²) in [6.07, 6.45) is -8.01. The molecule has 1 aromatic rings. The Balaban J connectivity index is 3.71. The van der Waals surface area contributed by atoms with E-state index in [2.05, 4.69) is 4.98 Å². The second kappa shape index (κ2) is 5.15. The average molecular weight is 289 g/mol. The van der Waals surface area contributed by atoms with E-state index in [1.165, 1.54) is 0 Å². The number of nitrogens with zero attached hydrogens (tertiary/aromatic N) is 1. The third kappa shape index (κ3) is 2.75. The van der Waals surface area contributed by atoms with Gasteiger partial charge in [-0.25, -0.2) is 8.78 Å². The van der Waals surface area contributed by atoms with Crippen molar-refractivity contribution in [2.75, 3.05) is 0 Å². The van der Waals surface area contributed by atoms with Crippen LogP contribution < -0.4 is 5.73 Å². The first-order valence-corrected chi connectivity index (χ1v) is 4.85. The fourth-order valence-electron chi connectivity index (χ4n) is 1.43. The Morgan fingerprint density at radius 3 is 2.33 bits per heavy atom. The van der Waals surface area contributed by atoms with Gasteiger partial charge < -0.3 is 5.73 Å². The zero-order valence-corrected chi connectivity index (χ0v) is 9.32. The van der Waals surface area contributed by atoms with Crippen LogP contribution in [0.5, 0.6) is 0 Å². The number of pyridine rings is 1. The fourth-order valence-corrected chi connectivity index (χ4v) is 1.58. The first-order chi connectivity index (χ1) is 8.20. The molecule has 1 heterocycles. The molecule has 100 valence electrons. The zero-order chi connectivity index (χ0) is 14.1. The van der Waals surface area contributed by atoms with Crippen molar-refractivity contribution in [2.45, 2.75) is 19.1 Å². The first-order valence-electron chi connectivity index (χ1n) is 4.47. The van der Waals surface area contributed by atoms with Crippen LogP contribution in [-0.2, 0) is 12.7 Å². The Labute approximate surface area is 103 Å². The van der Waals surface area contributed by atoms with E-state index in [4.69, 9.17) is 17.3 Å². The maximum absolute atomic E-state index is 12.7. The van der Waals surface area contributed by atoms with Gasteiger partial charge >= 0.3 is 6.18 Å². The van der Waals surface area contributed by atoms with E-state index in [0.717, 1.165) is 0 Å². The van der Waals surface area contributed by atoms with Crippen LogP contribution in [0.1, 0.15) is 33.6 Å². The molecule has 0 saturated heterocycles. The van der Waals surface area contributed by atoms with Gasteiger partial charge in [0, 0.05) is 12.7 Å². The van der Waals surface area contributed by atoms with Gasteiger partial charge in [-0.15, -0.1) is 0 Å². The molecule has 2 N–H and O–H groups in total. The minimum Gasteiger partial charge on any atom is -0.326 e. The molecule has 0 aliphatic carbocycles. The summed E-state index contributed by atoms with van der Waals surface area (Å²) < 4.78 is 63.6. The summed E-state index contributed by atoms with van der Waals surface area (Å²) in [5.74, 6) is 0. The number of carbonyl (C=O) groups excluding carboxylic acids is 1. The third-order valence-corrected chi connectivity index (χ3v) is 2.28. The molecule has 0 aliphatic rings. The van der Waals surface area contributed by atoms with Gasteiger partial charge in [-0.3, -0.25) is 9.78 Å². The standard InChI is InChI=1S/C9H6ClF5N2O/c10-7(18)6-4(8(11)12)5(9(13,14)15)3(1-16)2-17-6/h2,8H,1,16H2. The van der Waals surface area contributed by atoms with Crippen LogP contribution in [0.25, 0.3) is 0 Å². The quantitative estimate of drug-likeness (QED) is 0.687. The normalized spacial score (nSPS) is 12.0. The van der Waals surface area contributed by atoms with Gasteiger partial charge in [-0.1, -0.05) is 0 Å². The largest absolute Gasteiger partial charge is 0.417 e. The lowest BCUT2D eigenvalue weighted by atomic mass is 10.0. The lowest BCUT2D eigenvalue weighted by molar-refractivity contribution is -0.140. The molecular formula is C9H6ClF5N2O. The molecule has 0 atom stereocenters. The summed E-state index contributed by atoms with van der Waals surface area (Å²) in [5.41, 5.74) is 0.109. The van der Waals surface area contributed by atoms with Crippen LogP contribution >= 0.6 is 11.6 Å². The van der Waals surface area contributed by atoms with Gasteiger partial charge in [-0.05, 0) is 17.2 Å². The predicted octanol–water partition coefficient (Wildman–Crippen LogP) is 2.88. The molecule has 0 amide bonds. The van der Waals surface area contributed by atoms with Crippen LogP contribution in [0.2, 0.25) is 0 Å². The van der Waals surface area contributed by atoms with Crippen molar-refractivity contribution in [3.8, 4) is 0 Å². The molecule has 0 aromatic carbocycles. The van der Waals surface area contributed by atoms with E-state index in [1.807, 2.05) is 0 Å². The van der Waals surface area contributed by atoms with Crippen molar-refractivity contribution in [3.05, 3.63) is 28.6 Å². The number of carbonyl (C=O) groups is 1. The van der Waals surface area contributed by atoms with Crippen molar-refractivity contribution >= 4 is 16.8 Å². The molecule has 3 nitrogen and oxygen atoms in total. The molecule has 1 rings (SSSR count). The maximum atomic E-state index is 12.7. The topological polar surface area (TPSA) is 56.0 Å². The van der Waals surface area contributed by atoms with Crippen molar-refractivity contribution in [3.63, 3.8) is 0 Å². The zero-order valence-electron chi connectivity index (χ0n) is 8.56. The number of hydrogen-bond acceptors (Lipinski definition) is 3. The van der Waals surface area contributed by atoms with E-state index in [1.54, 1.807) is 0 Å². The second-order valence-corrected chi connectivity index (χ2v) is 3.54.